The largest absolute Gasteiger partial charge is 0.394 e. The Morgan fingerprint density at radius 1 is 1.05 bits per heavy atom. The molecule has 3 aromatic rings. The van der Waals surface area contributed by atoms with Gasteiger partial charge in [-0.3, -0.25) is 4.79 Å². The first-order valence-electron chi connectivity index (χ1n) is 11.8. The molecule has 200 valence electrons. The minimum Gasteiger partial charge on any atom is -0.394 e. The Morgan fingerprint density at radius 3 is 2.42 bits per heavy atom. The van der Waals surface area contributed by atoms with Crippen LogP contribution < -0.4 is 20.8 Å². The zero-order chi connectivity index (χ0) is 27.8. The molecule has 38 heavy (non-hydrogen) atoms. The number of aliphatic hydroxyl groups excluding tert-OH is 1. The fourth-order valence-electron chi connectivity index (χ4n) is 4.56. The van der Waals surface area contributed by atoms with E-state index in [1.165, 1.54) is 37.6 Å². The molecule has 3 amide bonds. The SMILES string of the molecule is Cc1ccc(NC(=O)N[C@@H]2C[C@@H](CO)N(c3ccc(-c4ccccc4P(C)(C)=O)c(F)c3F)C2=O)c(F)c1. The minimum absolute atomic E-state index is 0.0837. The number of carbonyl (C=O) groups excluding carboxylic acids is 2. The first-order chi connectivity index (χ1) is 17.9. The fourth-order valence-corrected chi connectivity index (χ4v) is 5.78. The lowest BCUT2D eigenvalue weighted by atomic mass is 10.0. The van der Waals surface area contributed by atoms with Crippen molar-refractivity contribution in [2.75, 3.05) is 30.2 Å². The van der Waals surface area contributed by atoms with Crippen LogP contribution in [-0.2, 0) is 9.36 Å². The van der Waals surface area contributed by atoms with Crippen LogP contribution in [-0.4, -0.2) is 49.1 Å². The summed E-state index contributed by atoms with van der Waals surface area (Å²) in [6.07, 6.45) is -0.0837. The molecule has 0 unspecified atom stereocenters. The van der Waals surface area contributed by atoms with E-state index in [0.717, 1.165) is 4.90 Å². The molecule has 1 saturated heterocycles. The highest BCUT2D eigenvalue weighted by Gasteiger charge is 2.42. The summed E-state index contributed by atoms with van der Waals surface area (Å²) in [5, 5.41) is 15.0. The Hall–Kier alpha value is -3.62. The molecule has 0 radical (unpaired) electrons. The molecule has 7 nitrogen and oxygen atoms in total. The highest BCUT2D eigenvalue weighted by atomic mass is 31.2. The van der Waals surface area contributed by atoms with Gasteiger partial charge in [-0.15, -0.1) is 0 Å². The molecule has 3 aromatic carbocycles. The highest BCUT2D eigenvalue weighted by molar-refractivity contribution is 7.70. The number of nitrogens with one attached hydrogen (secondary N) is 2. The van der Waals surface area contributed by atoms with Crippen molar-refractivity contribution in [3.8, 4) is 11.1 Å². The van der Waals surface area contributed by atoms with Crippen molar-refractivity contribution in [1.82, 2.24) is 5.32 Å². The van der Waals surface area contributed by atoms with Crippen LogP contribution in [0.15, 0.2) is 54.6 Å². The van der Waals surface area contributed by atoms with Crippen molar-refractivity contribution in [1.29, 1.82) is 0 Å². The van der Waals surface area contributed by atoms with Gasteiger partial charge in [0.05, 0.1) is 24.0 Å². The highest BCUT2D eigenvalue weighted by Crippen LogP contribution is 2.41. The van der Waals surface area contributed by atoms with Gasteiger partial charge in [0.2, 0.25) is 5.91 Å². The van der Waals surface area contributed by atoms with Crippen LogP contribution >= 0.6 is 7.14 Å². The summed E-state index contributed by atoms with van der Waals surface area (Å²) in [6, 6.07) is 10.1. The van der Waals surface area contributed by atoms with E-state index in [1.807, 2.05) is 0 Å². The maximum absolute atomic E-state index is 15.4. The lowest BCUT2D eigenvalue weighted by molar-refractivity contribution is -0.118. The van der Waals surface area contributed by atoms with E-state index < -0.39 is 60.9 Å². The molecule has 0 aromatic heterocycles. The van der Waals surface area contributed by atoms with Crippen LogP contribution in [0, 0.1) is 24.4 Å². The van der Waals surface area contributed by atoms with Crippen molar-refractivity contribution in [2.24, 2.45) is 0 Å². The van der Waals surface area contributed by atoms with E-state index in [9.17, 15) is 23.7 Å². The number of rotatable bonds is 6. The van der Waals surface area contributed by atoms with E-state index in [-0.39, 0.29) is 23.2 Å². The zero-order valence-corrected chi connectivity index (χ0v) is 21.9. The van der Waals surface area contributed by atoms with Crippen molar-refractivity contribution in [3.05, 3.63) is 77.6 Å². The maximum atomic E-state index is 15.4. The first-order valence-corrected chi connectivity index (χ1v) is 14.4. The fraction of sp³-hybridized carbons (Fsp3) is 0.259. The molecule has 1 heterocycles. The van der Waals surface area contributed by atoms with Gasteiger partial charge in [0.1, 0.15) is 19.0 Å². The third-order valence-corrected chi connectivity index (χ3v) is 7.94. The van der Waals surface area contributed by atoms with Crippen molar-refractivity contribution in [3.63, 3.8) is 0 Å². The molecule has 1 fully saturated rings. The number of hydrogen-bond acceptors (Lipinski definition) is 4. The molecular weight excluding hydrogens is 518 g/mol. The van der Waals surface area contributed by atoms with Crippen molar-refractivity contribution < 1.29 is 32.4 Å². The molecular formula is C27H27F3N3O4P. The van der Waals surface area contributed by atoms with Crippen LogP contribution in [0.3, 0.4) is 0 Å². The van der Waals surface area contributed by atoms with Crippen molar-refractivity contribution >= 4 is 35.8 Å². The third kappa shape index (κ3) is 5.33. The number of hydrogen-bond donors (Lipinski definition) is 3. The molecule has 0 bridgehead atoms. The Kier molecular flexibility index (Phi) is 7.67. The zero-order valence-electron chi connectivity index (χ0n) is 21.0. The van der Waals surface area contributed by atoms with Gasteiger partial charge in [-0.25, -0.2) is 18.0 Å². The predicted octanol–water partition coefficient (Wildman–Crippen LogP) is 4.62. The van der Waals surface area contributed by atoms with E-state index in [4.69, 9.17) is 0 Å². The second-order valence-corrected chi connectivity index (χ2v) is 12.7. The Labute approximate surface area is 218 Å². The second kappa shape index (κ2) is 10.6. The summed E-state index contributed by atoms with van der Waals surface area (Å²) >= 11 is 0. The molecule has 1 aliphatic heterocycles. The van der Waals surface area contributed by atoms with Crippen LogP contribution in [0.2, 0.25) is 0 Å². The Morgan fingerprint density at radius 2 is 1.76 bits per heavy atom. The smallest absolute Gasteiger partial charge is 0.319 e. The summed E-state index contributed by atoms with van der Waals surface area (Å²) < 4.78 is 57.6. The van der Waals surface area contributed by atoms with Gasteiger partial charge < -0.3 is 25.2 Å². The van der Waals surface area contributed by atoms with E-state index in [2.05, 4.69) is 10.6 Å². The van der Waals surface area contributed by atoms with Gasteiger partial charge in [-0.2, -0.15) is 0 Å². The van der Waals surface area contributed by atoms with E-state index in [1.54, 1.807) is 37.3 Å². The molecule has 0 aliphatic carbocycles. The van der Waals surface area contributed by atoms with Crippen LogP contribution in [0.1, 0.15) is 12.0 Å². The normalized spacial score (nSPS) is 17.6. The van der Waals surface area contributed by atoms with Gasteiger partial charge in [0.25, 0.3) is 0 Å². The monoisotopic (exact) mass is 545 g/mol. The summed E-state index contributed by atoms with van der Waals surface area (Å²) in [5.41, 5.74) is 0.310. The molecule has 1 aliphatic rings. The lowest BCUT2D eigenvalue weighted by Gasteiger charge is -2.24. The summed E-state index contributed by atoms with van der Waals surface area (Å²) in [5.74, 6) is -3.98. The third-order valence-electron chi connectivity index (χ3n) is 6.39. The Bertz CT molecular complexity index is 1460. The standard InChI is InChI=1S/C27H27F3N3O4P/c1-15-8-10-20(19(28)12-15)31-27(36)32-21-13-16(14-34)33(26(21)35)22-11-9-18(24(29)25(22)30)17-6-4-5-7-23(17)38(2,3)37/h4-12,16,21,34H,13-14H2,1-3H3,(H2,31,32,36)/t16-,21+/m0/s1. The van der Waals surface area contributed by atoms with Gasteiger partial charge in [-0.1, -0.05) is 30.3 Å². The predicted molar refractivity (Wildman–Crippen MR) is 141 cm³/mol. The number of aliphatic hydroxyl groups is 1. The number of halogens is 3. The quantitative estimate of drug-likeness (QED) is 0.394. The van der Waals surface area contributed by atoms with Crippen LogP contribution in [0.5, 0.6) is 0 Å². The molecule has 0 spiro atoms. The second-order valence-electron chi connectivity index (χ2n) is 9.54. The summed E-state index contributed by atoms with van der Waals surface area (Å²) in [7, 11) is -2.82. The average molecular weight is 545 g/mol. The summed E-state index contributed by atoms with van der Waals surface area (Å²) in [6.45, 7) is 4.17. The number of benzene rings is 3. The molecule has 2 atom stereocenters. The maximum Gasteiger partial charge on any atom is 0.319 e. The average Bonchev–Trinajstić information content (AvgIpc) is 3.16. The molecule has 11 heteroatoms. The van der Waals surface area contributed by atoms with Gasteiger partial charge in [0, 0.05) is 10.9 Å². The summed E-state index contributed by atoms with van der Waals surface area (Å²) in [4.78, 5) is 26.5. The number of amides is 3. The number of carbonyl (C=O) groups is 2. The molecule has 3 N–H and O–H groups in total. The van der Waals surface area contributed by atoms with Crippen LogP contribution in [0.4, 0.5) is 29.3 Å². The van der Waals surface area contributed by atoms with Crippen molar-refractivity contribution in [2.45, 2.75) is 25.4 Å². The molecule has 0 saturated carbocycles. The number of urea groups is 1. The minimum atomic E-state index is -2.82. The number of nitrogens with zero attached hydrogens (tertiary/aromatic N) is 1. The van der Waals surface area contributed by atoms with Gasteiger partial charge in [-0.05, 0) is 62.1 Å². The Balaban J connectivity index is 1.60. The molecule has 4 rings (SSSR count). The first kappa shape index (κ1) is 27.4. The number of anilines is 2. The van der Waals surface area contributed by atoms with Gasteiger partial charge in [0.15, 0.2) is 11.6 Å². The van der Waals surface area contributed by atoms with E-state index in [0.29, 0.717) is 10.9 Å². The number of aryl methyl sites for hydroxylation is 1. The topological polar surface area (TPSA) is 98.7 Å². The lowest BCUT2D eigenvalue weighted by Crippen LogP contribution is -2.44. The van der Waals surface area contributed by atoms with E-state index >= 15 is 8.78 Å². The van der Waals surface area contributed by atoms with Crippen LogP contribution in [0.25, 0.3) is 11.1 Å². The van der Waals surface area contributed by atoms with Gasteiger partial charge >= 0.3 is 6.03 Å².